The average molecular weight is 238 g/mol. The second-order valence-electron chi connectivity index (χ2n) is 4.57. The number of aromatic nitrogens is 1. The van der Waals surface area contributed by atoms with Crippen molar-refractivity contribution in [1.29, 1.82) is 5.26 Å². The minimum atomic E-state index is -0.306. The van der Waals surface area contributed by atoms with Gasteiger partial charge in [0.15, 0.2) is 0 Å². The molecule has 1 aliphatic carbocycles. The standard InChI is InChI=1S/C14H12N3O/c15-7-8-4-5-12-11(6-8)9-2-1-3-10(14(16)18)13(9)17-12/h1,4-6,10,17H,2-3H2,(H2,16,18). The number of carbonyl (C=O) groups excluding carboxylic acids is 1. The number of carbonyl (C=O) groups is 1. The highest BCUT2D eigenvalue weighted by Gasteiger charge is 2.28. The average Bonchev–Trinajstić information content (AvgIpc) is 2.75. The molecule has 0 saturated carbocycles. The number of hydrogen-bond acceptors (Lipinski definition) is 2. The fraction of sp³-hybridized carbons (Fsp3) is 0.214. The lowest BCUT2D eigenvalue weighted by molar-refractivity contribution is -0.119. The summed E-state index contributed by atoms with van der Waals surface area (Å²) in [4.78, 5) is 14.7. The molecule has 1 aromatic heterocycles. The Labute approximate surface area is 104 Å². The van der Waals surface area contributed by atoms with Gasteiger partial charge in [0.25, 0.3) is 0 Å². The van der Waals surface area contributed by atoms with Crippen LogP contribution in [0.2, 0.25) is 0 Å². The van der Waals surface area contributed by atoms with Gasteiger partial charge in [-0.25, -0.2) is 0 Å². The van der Waals surface area contributed by atoms with Crippen LogP contribution in [-0.2, 0) is 11.2 Å². The van der Waals surface area contributed by atoms with Crippen molar-refractivity contribution in [2.75, 3.05) is 0 Å². The van der Waals surface area contributed by atoms with Gasteiger partial charge in [0.05, 0.1) is 17.6 Å². The first-order chi connectivity index (χ1) is 8.70. The second-order valence-corrected chi connectivity index (χ2v) is 4.57. The normalized spacial score (nSPS) is 18.3. The third-order valence-electron chi connectivity index (χ3n) is 3.51. The first-order valence-corrected chi connectivity index (χ1v) is 5.86. The van der Waals surface area contributed by atoms with Gasteiger partial charge in [0.1, 0.15) is 0 Å². The molecule has 1 radical (unpaired) electrons. The van der Waals surface area contributed by atoms with Gasteiger partial charge in [0.2, 0.25) is 5.91 Å². The summed E-state index contributed by atoms with van der Waals surface area (Å²) in [6.07, 6.45) is 3.57. The number of nitriles is 1. The van der Waals surface area contributed by atoms with E-state index in [0.29, 0.717) is 12.0 Å². The fourth-order valence-electron chi connectivity index (χ4n) is 2.63. The lowest BCUT2D eigenvalue weighted by atomic mass is 9.86. The summed E-state index contributed by atoms with van der Waals surface area (Å²) in [5, 5.41) is 9.96. The van der Waals surface area contributed by atoms with E-state index in [-0.39, 0.29) is 11.8 Å². The van der Waals surface area contributed by atoms with Crippen LogP contribution in [0.4, 0.5) is 0 Å². The SMILES string of the molecule is N#Cc1ccc2[nH]c3c(c2c1)C[CH]CC3C(N)=O. The van der Waals surface area contributed by atoms with Crippen LogP contribution in [0.25, 0.3) is 10.9 Å². The molecule has 4 heteroatoms. The Morgan fingerprint density at radius 3 is 3.06 bits per heavy atom. The largest absolute Gasteiger partial charge is 0.369 e. The van der Waals surface area contributed by atoms with Crippen LogP contribution in [0.1, 0.15) is 29.2 Å². The zero-order chi connectivity index (χ0) is 12.7. The van der Waals surface area contributed by atoms with E-state index in [1.807, 2.05) is 12.1 Å². The summed E-state index contributed by atoms with van der Waals surface area (Å²) in [6, 6.07) is 7.65. The van der Waals surface area contributed by atoms with Crippen molar-refractivity contribution in [2.45, 2.75) is 18.8 Å². The molecular weight excluding hydrogens is 226 g/mol. The molecule has 0 aliphatic heterocycles. The van der Waals surface area contributed by atoms with Crippen molar-refractivity contribution >= 4 is 16.8 Å². The number of nitrogens with zero attached hydrogens (tertiary/aromatic N) is 1. The number of rotatable bonds is 1. The maximum Gasteiger partial charge on any atom is 0.226 e. The predicted octanol–water partition coefficient (Wildman–Crippen LogP) is 1.76. The van der Waals surface area contributed by atoms with E-state index in [0.717, 1.165) is 28.6 Å². The third kappa shape index (κ3) is 1.48. The maximum absolute atomic E-state index is 11.4. The van der Waals surface area contributed by atoms with E-state index in [9.17, 15) is 4.79 Å². The molecule has 3 rings (SSSR count). The molecule has 4 nitrogen and oxygen atoms in total. The Bertz CT molecular complexity index is 678. The van der Waals surface area contributed by atoms with E-state index in [1.54, 1.807) is 6.07 Å². The summed E-state index contributed by atoms with van der Waals surface area (Å²) >= 11 is 0. The smallest absolute Gasteiger partial charge is 0.226 e. The molecule has 1 aliphatic rings. The molecule has 89 valence electrons. The van der Waals surface area contributed by atoms with Crippen molar-refractivity contribution in [3.8, 4) is 6.07 Å². The number of hydrogen-bond donors (Lipinski definition) is 2. The predicted molar refractivity (Wildman–Crippen MR) is 67.6 cm³/mol. The minimum Gasteiger partial charge on any atom is -0.369 e. The molecule has 2 aromatic rings. The fourth-order valence-corrected chi connectivity index (χ4v) is 2.63. The van der Waals surface area contributed by atoms with Crippen LogP contribution < -0.4 is 5.73 Å². The number of primary amides is 1. The van der Waals surface area contributed by atoms with Crippen LogP contribution in [-0.4, -0.2) is 10.9 Å². The Kier molecular flexibility index (Phi) is 2.34. The first-order valence-electron chi connectivity index (χ1n) is 5.86. The molecule has 0 saturated heterocycles. The summed E-state index contributed by atoms with van der Waals surface area (Å²) in [5.74, 6) is -0.578. The monoisotopic (exact) mass is 238 g/mol. The van der Waals surface area contributed by atoms with Gasteiger partial charge < -0.3 is 10.7 Å². The molecule has 0 spiro atoms. The molecule has 18 heavy (non-hydrogen) atoms. The van der Waals surface area contributed by atoms with E-state index in [4.69, 9.17) is 11.0 Å². The van der Waals surface area contributed by atoms with Gasteiger partial charge >= 0.3 is 0 Å². The van der Waals surface area contributed by atoms with Crippen LogP contribution in [0.5, 0.6) is 0 Å². The number of fused-ring (bicyclic) bond motifs is 3. The number of aromatic amines is 1. The zero-order valence-electron chi connectivity index (χ0n) is 9.73. The van der Waals surface area contributed by atoms with E-state index in [2.05, 4.69) is 17.5 Å². The van der Waals surface area contributed by atoms with E-state index >= 15 is 0 Å². The molecule has 1 unspecified atom stereocenters. The maximum atomic E-state index is 11.4. The Balaban J connectivity index is 2.25. The molecular formula is C14H12N3O. The molecule has 0 fully saturated rings. The first kappa shape index (κ1) is 10.8. The van der Waals surface area contributed by atoms with E-state index < -0.39 is 0 Å². The van der Waals surface area contributed by atoms with Gasteiger partial charge in [-0.2, -0.15) is 5.26 Å². The summed E-state index contributed by atoms with van der Waals surface area (Å²) in [7, 11) is 0. The lowest BCUT2D eigenvalue weighted by Gasteiger charge is -2.19. The molecule has 0 bridgehead atoms. The van der Waals surface area contributed by atoms with Crippen LogP contribution in [0.3, 0.4) is 0 Å². The number of H-pyrrole nitrogens is 1. The zero-order valence-corrected chi connectivity index (χ0v) is 9.73. The van der Waals surface area contributed by atoms with Crippen molar-refractivity contribution in [1.82, 2.24) is 4.98 Å². The van der Waals surface area contributed by atoms with E-state index in [1.165, 1.54) is 0 Å². The Morgan fingerprint density at radius 2 is 2.33 bits per heavy atom. The van der Waals surface area contributed by atoms with Crippen LogP contribution >= 0.6 is 0 Å². The number of nitrogens with one attached hydrogen (secondary N) is 1. The number of benzene rings is 1. The van der Waals surface area contributed by atoms with Gasteiger partial charge in [-0.1, -0.05) is 0 Å². The number of amides is 1. The topological polar surface area (TPSA) is 82.7 Å². The number of nitrogens with two attached hydrogens (primary N) is 1. The van der Waals surface area contributed by atoms with Crippen molar-refractivity contribution < 1.29 is 4.79 Å². The molecule has 1 atom stereocenters. The lowest BCUT2D eigenvalue weighted by Crippen LogP contribution is -2.25. The molecule has 1 amide bonds. The van der Waals surface area contributed by atoms with Gasteiger partial charge in [-0.3, -0.25) is 4.79 Å². The minimum absolute atomic E-state index is 0.272. The van der Waals surface area contributed by atoms with Crippen LogP contribution in [0, 0.1) is 17.8 Å². The highest BCUT2D eigenvalue weighted by atomic mass is 16.1. The summed E-state index contributed by atoms with van der Waals surface area (Å²) in [5.41, 5.74) is 9.02. The quantitative estimate of drug-likeness (QED) is 0.793. The van der Waals surface area contributed by atoms with Gasteiger partial charge in [0, 0.05) is 16.6 Å². The van der Waals surface area contributed by atoms with Crippen molar-refractivity contribution in [3.05, 3.63) is 41.4 Å². The summed E-state index contributed by atoms with van der Waals surface area (Å²) in [6.45, 7) is 0. The van der Waals surface area contributed by atoms with Gasteiger partial charge in [-0.15, -0.1) is 0 Å². The van der Waals surface area contributed by atoms with Crippen molar-refractivity contribution in [3.63, 3.8) is 0 Å². The molecule has 1 heterocycles. The third-order valence-corrected chi connectivity index (χ3v) is 3.51. The Morgan fingerprint density at radius 1 is 1.50 bits per heavy atom. The summed E-state index contributed by atoms with van der Waals surface area (Å²) < 4.78 is 0. The second kappa shape index (κ2) is 3.88. The highest BCUT2D eigenvalue weighted by Crippen LogP contribution is 2.35. The van der Waals surface area contributed by atoms with Gasteiger partial charge in [-0.05, 0) is 43.0 Å². The molecule has 1 aromatic carbocycles. The van der Waals surface area contributed by atoms with Crippen LogP contribution in [0.15, 0.2) is 18.2 Å². The molecule has 3 N–H and O–H groups in total. The highest BCUT2D eigenvalue weighted by molar-refractivity contribution is 5.90. The van der Waals surface area contributed by atoms with Crippen molar-refractivity contribution in [2.24, 2.45) is 5.73 Å². The Hall–Kier alpha value is -2.28.